The van der Waals surface area contributed by atoms with Crippen LogP contribution in [-0.4, -0.2) is 62.8 Å². The van der Waals surface area contributed by atoms with E-state index in [-0.39, 0.29) is 24.0 Å². The first-order valence-electron chi connectivity index (χ1n) is 8.71. The molecule has 1 aliphatic heterocycles. The van der Waals surface area contributed by atoms with Crippen LogP contribution in [0.1, 0.15) is 28.4 Å². The molecule has 1 aromatic heterocycles. The summed E-state index contributed by atoms with van der Waals surface area (Å²) < 4.78 is 5.15. The summed E-state index contributed by atoms with van der Waals surface area (Å²) in [4.78, 5) is 12.6. The van der Waals surface area contributed by atoms with Crippen molar-refractivity contribution in [2.24, 2.45) is 10.9 Å². The number of piperidine rings is 1. The summed E-state index contributed by atoms with van der Waals surface area (Å²) >= 11 is 1.75. The van der Waals surface area contributed by atoms with Crippen LogP contribution in [0.5, 0.6) is 0 Å². The molecule has 0 unspecified atom stereocenters. The van der Waals surface area contributed by atoms with Gasteiger partial charge in [0.05, 0.1) is 18.8 Å². The summed E-state index contributed by atoms with van der Waals surface area (Å²) in [6.45, 7) is 10.1. The lowest BCUT2D eigenvalue weighted by atomic mass is 9.97. The Balaban J connectivity index is 0.00000312. The number of likely N-dealkylation sites (tertiary alicyclic amines) is 1. The summed E-state index contributed by atoms with van der Waals surface area (Å²) in [6, 6.07) is 0. The van der Waals surface area contributed by atoms with Gasteiger partial charge in [-0.25, -0.2) is 4.98 Å². The highest BCUT2D eigenvalue weighted by molar-refractivity contribution is 14.0. The van der Waals surface area contributed by atoms with Gasteiger partial charge < -0.3 is 20.3 Å². The number of aryl methyl sites for hydroxylation is 2. The number of halogens is 1. The van der Waals surface area contributed by atoms with Crippen molar-refractivity contribution in [1.29, 1.82) is 0 Å². The maximum Gasteiger partial charge on any atom is 0.191 e. The average molecular weight is 481 g/mol. The molecule has 1 saturated heterocycles. The van der Waals surface area contributed by atoms with Gasteiger partial charge >= 0.3 is 0 Å². The first-order chi connectivity index (χ1) is 11.6. The number of methoxy groups -OCH3 is 1. The van der Waals surface area contributed by atoms with Crippen molar-refractivity contribution in [2.45, 2.75) is 33.2 Å². The molecule has 0 saturated carbocycles. The summed E-state index contributed by atoms with van der Waals surface area (Å²) in [5.41, 5.74) is 1.12. The molecule has 0 bridgehead atoms. The lowest BCUT2D eigenvalue weighted by Crippen LogP contribution is -2.43. The van der Waals surface area contributed by atoms with E-state index in [2.05, 4.69) is 39.4 Å². The van der Waals surface area contributed by atoms with Crippen LogP contribution < -0.4 is 10.6 Å². The highest BCUT2D eigenvalue weighted by atomic mass is 127. The SMILES string of the molecule is CN=C(NCc1nc(C)c(C)s1)NCC1CCN(CCOC)CC1.I. The third kappa shape index (κ3) is 7.76. The fraction of sp³-hybridized carbons (Fsp3) is 0.765. The van der Waals surface area contributed by atoms with Crippen LogP contribution in [0.2, 0.25) is 0 Å². The zero-order valence-electron chi connectivity index (χ0n) is 15.8. The highest BCUT2D eigenvalue weighted by Gasteiger charge is 2.19. The van der Waals surface area contributed by atoms with Crippen LogP contribution in [-0.2, 0) is 11.3 Å². The summed E-state index contributed by atoms with van der Waals surface area (Å²) in [5, 5.41) is 7.93. The van der Waals surface area contributed by atoms with Crippen LogP contribution in [0.4, 0.5) is 0 Å². The van der Waals surface area contributed by atoms with E-state index in [1.165, 1.54) is 30.8 Å². The van der Waals surface area contributed by atoms with Crippen molar-refractivity contribution in [3.05, 3.63) is 15.6 Å². The average Bonchev–Trinajstić information content (AvgIpc) is 2.92. The maximum atomic E-state index is 5.15. The van der Waals surface area contributed by atoms with Gasteiger partial charge in [0.25, 0.3) is 0 Å². The van der Waals surface area contributed by atoms with Crippen LogP contribution in [0.15, 0.2) is 4.99 Å². The van der Waals surface area contributed by atoms with Gasteiger partial charge in [0.1, 0.15) is 5.01 Å². The molecule has 0 atom stereocenters. The van der Waals surface area contributed by atoms with Gasteiger partial charge in [-0.2, -0.15) is 0 Å². The number of aromatic nitrogens is 1. The zero-order chi connectivity index (χ0) is 17.4. The highest BCUT2D eigenvalue weighted by Crippen LogP contribution is 2.17. The van der Waals surface area contributed by atoms with Crippen LogP contribution >= 0.6 is 35.3 Å². The van der Waals surface area contributed by atoms with Crippen molar-refractivity contribution >= 4 is 41.3 Å². The molecule has 0 aromatic carbocycles. The lowest BCUT2D eigenvalue weighted by Gasteiger charge is -2.32. The monoisotopic (exact) mass is 481 g/mol. The van der Waals surface area contributed by atoms with Crippen molar-refractivity contribution < 1.29 is 4.74 Å². The number of aliphatic imine (C=N–C) groups is 1. The predicted octanol–water partition coefficient (Wildman–Crippen LogP) is 2.40. The van der Waals surface area contributed by atoms with Crippen LogP contribution in [0.3, 0.4) is 0 Å². The zero-order valence-corrected chi connectivity index (χ0v) is 18.9. The molecule has 1 aliphatic rings. The fourth-order valence-electron chi connectivity index (χ4n) is 2.87. The van der Waals surface area contributed by atoms with Gasteiger partial charge in [0.15, 0.2) is 5.96 Å². The largest absolute Gasteiger partial charge is 0.383 e. The summed E-state index contributed by atoms with van der Waals surface area (Å²) in [5.74, 6) is 1.58. The Labute approximate surface area is 172 Å². The van der Waals surface area contributed by atoms with Gasteiger partial charge in [-0.05, 0) is 45.7 Å². The molecule has 0 spiro atoms. The quantitative estimate of drug-likeness (QED) is 0.356. The third-order valence-corrected chi connectivity index (χ3v) is 5.65. The lowest BCUT2D eigenvalue weighted by molar-refractivity contribution is 0.121. The number of thiazole rings is 1. The topological polar surface area (TPSA) is 61.8 Å². The molecular formula is C17H32IN5OS. The number of rotatable bonds is 7. The minimum atomic E-state index is 0. The van der Waals surface area contributed by atoms with E-state index < -0.39 is 0 Å². The standard InChI is InChI=1S/C17H31N5OS.HI/c1-13-14(2)24-16(21-13)12-20-17(18-3)19-11-15-5-7-22(8-6-15)9-10-23-4;/h15H,5-12H2,1-4H3,(H2,18,19,20);1H. The van der Waals surface area contributed by atoms with Crippen molar-refractivity contribution in [3.63, 3.8) is 0 Å². The number of guanidine groups is 1. The number of nitrogens with one attached hydrogen (secondary N) is 2. The van der Waals surface area contributed by atoms with Crippen LogP contribution in [0, 0.1) is 19.8 Å². The normalized spacial score (nSPS) is 16.6. The first kappa shape index (κ1) is 22.6. The Kier molecular flexibility index (Phi) is 10.9. The molecule has 2 rings (SSSR count). The van der Waals surface area contributed by atoms with Gasteiger partial charge in [-0.3, -0.25) is 4.99 Å². The fourth-order valence-corrected chi connectivity index (χ4v) is 3.74. The molecule has 6 nitrogen and oxygen atoms in total. The summed E-state index contributed by atoms with van der Waals surface area (Å²) in [7, 11) is 3.59. The Hall–Kier alpha value is -0.450. The van der Waals surface area contributed by atoms with E-state index in [1.807, 2.05) is 7.05 Å². The van der Waals surface area contributed by atoms with Gasteiger partial charge in [-0.1, -0.05) is 0 Å². The molecule has 8 heteroatoms. The Morgan fingerprint density at radius 2 is 2.04 bits per heavy atom. The van der Waals surface area contributed by atoms with Crippen LogP contribution in [0.25, 0.3) is 0 Å². The molecule has 0 amide bonds. The smallest absolute Gasteiger partial charge is 0.191 e. The van der Waals surface area contributed by atoms with Gasteiger partial charge in [-0.15, -0.1) is 35.3 Å². The Morgan fingerprint density at radius 3 is 2.60 bits per heavy atom. The first-order valence-corrected chi connectivity index (χ1v) is 9.52. The summed E-state index contributed by atoms with van der Waals surface area (Å²) in [6.07, 6.45) is 2.47. The molecule has 1 fully saturated rings. The second-order valence-corrected chi connectivity index (χ2v) is 7.62. The number of nitrogens with zero attached hydrogens (tertiary/aromatic N) is 3. The number of ether oxygens (including phenoxy) is 1. The molecule has 25 heavy (non-hydrogen) atoms. The van der Waals surface area contributed by atoms with Gasteiger partial charge in [0, 0.05) is 32.1 Å². The van der Waals surface area contributed by atoms with E-state index >= 15 is 0 Å². The molecule has 1 aromatic rings. The molecule has 2 heterocycles. The Morgan fingerprint density at radius 1 is 1.32 bits per heavy atom. The van der Waals surface area contributed by atoms with E-state index in [1.54, 1.807) is 18.4 Å². The van der Waals surface area contributed by atoms with Crippen molar-refractivity contribution in [1.82, 2.24) is 20.5 Å². The molecule has 144 valence electrons. The van der Waals surface area contributed by atoms with E-state index in [0.29, 0.717) is 5.92 Å². The Bertz CT molecular complexity index is 510. The number of hydrogen-bond acceptors (Lipinski definition) is 5. The predicted molar refractivity (Wildman–Crippen MR) is 116 cm³/mol. The van der Waals surface area contributed by atoms with E-state index in [9.17, 15) is 0 Å². The van der Waals surface area contributed by atoms with Crippen molar-refractivity contribution in [3.8, 4) is 0 Å². The number of hydrogen-bond donors (Lipinski definition) is 2. The third-order valence-electron chi connectivity index (χ3n) is 4.58. The van der Waals surface area contributed by atoms with Crippen molar-refractivity contribution in [2.75, 3.05) is 46.9 Å². The molecule has 0 aliphatic carbocycles. The van der Waals surface area contributed by atoms with Gasteiger partial charge in [0.2, 0.25) is 0 Å². The molecule has 2 N–H and O–H groups in total. The molecular weight excluding hydrogens is 449 g/mol. The minimum absolute atomic E-state index is 0. The van der Waals surface area contributed by atoms with E-state index in [0.717, 1.165) is 42.9 Å². The van der Waals surface area contributed by atoms with E-state index in [4.69, 9.17) is 4.74 Å². The second-order valence-electron chi connectivity index (χ2n) is 6.33. The minimum Gasteiger partial charge on any atom is -0.383 e. The second kappa shape index (κ2) is 12.0. The molecule has 0 radical (unpaired) electrons. The maximum absolute atomic E-state index is 5.15.